The molecule has 0 aliphatic heterocycles. The lowest BCUT2D eigenvalue weighted by atomic mass is 10.00. The third kappa shape index (κ3) is 5.66. The van der Waals surface area contributed by atoms with Crippen molar-refractivity contribution in [3.05, 3.63) is 35.4 Å². The van der Waals surface area contributed by atoms with Gasteiger partial charge in [-0.25, -0.2) is 0 Å². The standard InChI is InChI=1S/C17H27BrO/c1-4-6-10-15(5-2)13-19-17(12-18)16-11-8-7-9-14(16)3/h7-9,11,15,17H,4-6,10,12-13H2,1-3H3. The molecule has 0 aliphatic carbocycles. The van der Waals surface area contributed by atoms with Crippen molar-refractivity contribution < 1.29 is 4.74 Å². The van der Waals surface area contributed by atoms with E-state index in [2.05, 4.69) is 61.0 Å². The average Bonchev–Trinajstić information content (AvgIpc) is 2.44. The average molecular weight is 327 g/mol. The van der Waals surface area contributed by atoms with Crippen molar-refractivity contribution in [3.8, 4) is 0 Å². The molecule has 2 atom stereocenters. The molecule has 0 fully saturated rings. The third-order valence-corrected chi connectivity index (χ3v) is 4.34. The summed E-state index contributed by atoms with van der Waals surface area (Å²) in [5, 5.41) is 0.863. The van der Waals surface area contributed by atoms with Crippen molar-refractivity contribution in [2.75, 3.05) is 11.9 Å². The Hall–Kier alpha value is -0.340. The molecule has 0 radical (unpaired) electrons. The van der Waals surface area contributed by atoms with Crippen molar-refractivity contribution in [2.45, 2.75) is 52.6 Å². The van der Waals surface area contributed by atoms with Crippen LogP contribution >= 0.6 is 15.9 Å². The summed E-state index contributed by atoms with van der Waals surface area (Å²) in [7, 11) is 0. The molecule has 1 aromatic rings. The van der Waals surface area contributed by atoms with Crippen LogP contribution in [0.5, 0.6) is 0 Å². The molecule has 0 aliphatic rings. The summed E-state index contributed by atoms with van der Waals surface area (Å²) < 4.78 is 6.16. The number of hydrogen-bond donors (Lipinski definition) is 0. The van der Waals surface area contributed by atoms with E-state index >= 15 is 0 Å². The van der Waals surface area contributed by atoms with E-state index in [-0.39, 0.29) is 6.10 Å². The fraction of sp³-hybridized carbons (Fsp3) is 0.647. The maximum atomic E-state index is 6.16. The first-order chi connectivity index (χ1) is 9.22. The van der Waals surface area contributed by atoms with E-state index in [4.69, 9.17) is 4.74 Å². The maximum Gasteiger partial charge on any atom is 0.0924 e. The van der Waals surface area contributed by atoms with Crippen LogP contribution in [0.2, 0.25) is 0 Å². The van der Waals surface area contributed by atoms with Gasteiger partial charge in [-0.05, 0) is 30.4 Å². The van der Waals surface area contributed by atoms with Crippen LogP contribution in [0.3, 0.4) is 0 Å². The van der Waals surface area contributed by atoms with Crippen LogP contribution in [0.15, 0.2) is 24.3 Å². The van der Waals surface area contributed by atoms with Crippen molar-refractivity contribution in [3.63, 3.8) is 0 Å². The highest BCUT2D eigenvalue weighted by atomic mass is 79.9. The van der Waals surface area contributed by atoms with E-state index in [1.165, 1.54) is 36.8 Å². The summed E-state index contributed by atoms with van der Waals surface area (Å²) in [5.74, 6) is 0.700. The van der Waals surface area contributed by atoms with E-state index < -0.39 is 0 Å². The molecular formula is C17H27BrO. The fourth-order valence-corrected chi connectivity index (χ4v) is 2.85. The molecule has 0 amide bonds. The highest BCUT2D eigenvalue weighted by Gasteiger charge is 2.15. The molecule has 0 saturated carbocycles. The van der Waals surface area contributed by atoms with Gasteiger partial charge in [0.05, 0.1) is 12.7 Å². The van der Waals surface area contributed by atoms with Crippen LogP contribution in [-0.2, 0) is 4.74 Å². The van der Waals surface area contributed by atoms with E-state index in [0.29, 0.717) is 5.92 Å². The quantitative estimate of drug-likeness (QED) is 0.531. The van der Waals surface area contributed by atoms with Crippen molar-refractivity contribution in [2.24, 2.45) is 5.92 Å². The molecule has 2 heteroatoms. The molecule has 1 nitrogen and oxygen atoms in total. The minimum Gasteiger partial charge on any atom is -0.372 e. The Morgan fingerprint density at radius 1 is 1.21 bits per heavy atom. The summed E-state index contributed by atoms with van der Waals surface area (Å²) in [4.78, 5) is 0. The monoisotopic (exact) mass is 326 g/mol. The zero-order chi connectivity index (χ0) is 14.1. The molecule has 0 heterocycles. The molecule has 19 heavy (non-hydrogen) atoms. The maximum absolute atomic E-state index is 6.16. The lowest BCUT2D eigenvalue weighted by molar-refractivity contribution is 0.0390. The van der Waals surface area contributed by atoms with Gasteiger partial charge < -0.3 is 4.74 Å². The molecular weight excluding hydrogens is 300 g/mol. The Kier molecular flexibility index (Phi) is 8.40. The van der Waals surface area contributed by atoms with E-state index in [1.807, 2.05) is 0 Å². The first-order valence-electron chi connectivity index (χ1n) is 7.45. The topological polar surface area (TPSA) is 9.23 Å². The molecule has 108 valence electrons. The minimum atomic E-state index is 0.178. The van der Waals surface area contributed by atoms with Crippen molar-refractivity contribution in [1.82, 2.24) is 0 Å². The molecule has 0 N–H and O–H groups in total. The van der Waals surface area contributed by atoms with E-state index in [0.717, 1.165) is 11.9 Å². The molecule has 0 bridgehead atoms. The van der Waals surface area contributed by atoms with E-state index in [9.17, 15) is 0 Å². The van der Waals surface area contributed by atoms with Gasteiger partial charge in [0.15, 0.2) is 0 Å². The zero-order valence-corrected chi connectivity index (χ0v) is 14.1. The van der Waals surface area contributed by atoms with Gasteiger partial charge in [-0.1, -0.05) is 73.3 Å². The first kappa shape index (κ1) is 16.7. The highest BCUT2D eigenvalue weighted by molar-refractivity contribution is 9.09. The van der Waals surface area contributed by atoms with Gasteiger partial charge in [0, 0.05) is 5.33 Å². The summed E-state index contributed by atoms with van der Waals surface area (Å²) >= 11 is 3.59. The zero-order valence-electron chi connectivity index (χ0n) is 12.5. The van der Waals surface area contributed by atoms with Gasteiger partial charge in [-0.15, -0.1) is 0 Å². The second-order valence-corrected chi connectivity index (χ2v) is 5.90. The summed E-state index contributed by atoms with van der Waals surface area (Å²) in [6, 6.07) is 8.51. The first-order valence-corrected chi connectivity index (χ1v) is 8.58. The van der Waals surface area contributed by atoms with Gasteiger partial charge >= 0.3 is 0 Å². The smallest absolute Gasteiger partial charge is 0.0924 e. The van der Waals surface area contributed by atoms with Crippen LogP contribution in [0.1, 0.15) is 56.8 Å². The largest absolute Gasteiger partial charge is 0.372 e. The SMILES string of the molecule is CCCCC(CC)COC(CBr)c1ccccc1C. The number of benzene rings is 1. The molecule has 0 spiro atoms. The summed E-state index contributed by atoms with van der Waals surface area (Å²) in [6.07, 6.45) is 5.26. The van der Waals surface area contributed by atoms with Gasteiger partial charge in [0.2, 0.25) is 0 Å². The number of rotatable bonds is 9. The molecule has 0 aromatic heterocycles. The second kappa shape index (κ2) is 9.55. The predicted molar refractivity (Wildman–Crippen MR) is 87.0 cm³/mol. The normalized spacial score (nSPS) is 14.3. The minimum absolute atomic E-state index is 0.178. The third-order valence-electron chi connectivity index (χ3n) is 3.75. The summed E-state index contributed by atoms with van der Waals surface area (Å²) in [6.45, 7) is 7.55. The Bertz CT molecular complexity index is 351. The number of unbranched alkanes of at least 4 members (excludes halogenated alkanes) is 1. The molecule has 1 aromatic carbocycles. The van der Waals surface area contributed by atoms with Crippen LogP contribution in [0.4, 0.5) is 0 Å². The summed E-state index contributed by atoms with van der Waals surface area (Å²) in [5.41, 5.74) is 2.62. The Labute approximate surface area is 126 Å². The van der Waals surface area contributed by atoms with Crippen molar-refractivity contribution in [1.29, 1.82) is 0 Å². The van der Waals surface area contributed by atoms with Gasteiger partial charge in [0.25, 0.3) is 0 Å². The lowest BCUT2D eigenvalue weighted by Crippen LogP contribution is -2.14. The fourth-order valence-electron chi connectivity index (χ4n) is 2.32. The highest BCUT2D eigenvalue weighted by Crippen LogP contribution is 2.25. The van der Waals surface area contributed by atoms with Crippen LogP contribution in [-0.4, -0.2) is 11.9 Å². The number of ether oxygens (including phenoxy) is 1. The molecule has 1 rings (SSSR count). The number of halogens is 1. The predicted octanol–water partition coefficient (Wildman–Crippen LogP) is 5.66. The molecule has 0 saturated heterocycles. The number of hydrogen-bond acceptors (Lipinski definition) is 1. The Morgan fingerprint density at radius 2 is 1.95 bits per heavy atom. The van der Waals surface area contributed by atoms with Gasteiger partial charge in [-0.2, -0.15) is 0 Å². The lowest BCUT2D eigenvalue weighted by Gasteiger charge is -2.22. The number of alkyl halides is 1. The van der Waals surface area contributed by atoms with Crippen LogP contribution in [0, 0.1) is 12.8 Å². The molecule has 2 unspecified atom stereocenters. The van der Waals surface area contributed by atoms with Gasteiger partial charge in [-0.3, -0.25) is 0 Å². The Morgan fingerprint density at radius 3 is 2.53 bits per heavy atom. The van der Waals surface area contributed by atoms with Crippen LogP contribution in [0.25, 0.3) is 0 Å². The van der Waals surface area contributed by atoms with Gasteiger partial charge in [0.1, 0.15) is 0 Å². The second-order valence-electron chi connectivity index (χ2n) is 5.25. The Balaban J connectivity index is 2.55. The number of aryl methyl sites for hydroxylation is 1. The van der Waals surface area contributed by atoms with E-state index in [1.54, 1.807) is 0 Å². The van der Waals surface area contributed by atoms with Crippen molar-refractivity contribution >= 4 is 15.9 Å². The van der Waals surface area contributed by atoms with Crippen LogP contribution < -0.4 is 0 Å².